The van der Waals surface area contributed by atoms with E-state index in [1.54, 1.807) is 31.9 Å². The van der Waals surface area contributed by atoms with Crippen molar-refractivity contribution in [3.8, 4) is 29.0 Å². The van der Waals surface area contributed by atoms with Crippen LogP contribution < -0.4 is 4.74 Å². The highest BCUT2D eigenvalue weighted by Gasteiger charge is 2.10. The second kappa shape index (κ2) is 13.3. The zero-order valence-electron chi connectivity index (χ0n) is 25.7. The number of hydrogen-bond donors (Lipinski definition) is 6. The summed E-state index contributed by atoms with van der Waals surface area (Å²) >= 11 is 0. The molecule has 0 saturated heterocycles. The zero-order chi connectivity index (χ0) is 32.9. The van der Waals surface area contributed by atoms with E-state index in [-0.39, 0.29) is 11.8 Å². The molecule has 5 heterocycles. The smallest absolute Gasteiger partial charge is 0.198 e. The lowest BCUT2D eigenvalue weighted by molar-refractivity contribution is 0.414. The first-order valence-electron chi connectivity index (χ1n) is 15.0. The molecule has 238 valence electrons. The molecule has 5 aromatic heterocycles. The van der Waals surface area contributed by atoms with Crippen molar-refractivity contribution in [1.29, 1.82) is 0 Å². The Morgan fingerprint density at radius 2 is 1.33 bits per heavy atom. The molecular formula is C36H30N8O4. The van der Waals surface area contributed by atoms with Crippen LogP contribution in [0.3, 0.4) is 0 Å². The van der Waals surface area contributed by atoms with Crippen LogP contribution in [0.25, 0.3) is 33.3 Å². The van der Waals surface area contributed by atoms with E-state index in [1.807, 2.05) is 91.0 Å². The molecule has 0 unspecified atom stereocenters. The minimum atomic E-state index is 0.0896. The fourth-order valence-electron chi connectivity index (χ4n) is 5.23. The van der Waals surface area contributed by atoms with E-state index >= 15 is 0 Å². The second-order valence-corrected chi connectivity index (χ2v) is 10.8. The number of fused-ring (bicyclic) bond motifs is 2. The molecule has 0 aliphatic carbocycles. The minimum Gasteiger partial charge on any atom is -0.497 e. The maximum absolute atomic E-state index is 10.1. The van der Waals surface area contributed by atoms with Crippen molar-refractivity contribution >= 4 is 45.9 Å². The number of benzene rings is 3. The van der Waals surface area contributed by atoms with E-state index in [1.165, 1.54) is 0 Å². The van der Waals surface area contributed by atoms with Gasteiger partial charge in [0, 0.05) is 58.5 Å². The Labute approximate surface area is 273 Å². The van der Waals surface area contributed by atoms with Crippen LogP contribution in [0.4, 0.5) is 11.6 Å². The standard InChI is InChI=1S/C20H18N4O2.C16H12N4O2/c1-26-15-8-6-13(7-9-15)10-14-11-19(24-23-14)21-12-17-16-4-2-3-5-18(16)22-20(17)25;21-16-11(10-4-1-2-5-12(10)18-16)9-17-15-8-13(19-20-15)14-6-3-7-22-14/h2-9,11-12,22,25H,10H2,1H3,(H,23,24);1-9,18,21H,(H,19,20). The molecule has 0 saturated carbocycles. The lowest BCUT2D eigenvalue weighted by Gasteiger charge is -2.01. The summed E-state index contributed by atoms with van der Waals surface area (Å²) in [5.41, 5.74) is 5.89. The largest absolute Gasteiger partial charge is 0.497 e. The molecule has 0 spiro atoms. The molecule has 8 aromatic rings. The Balaban J connectivity index is 0.000000154. The van der Waals surface area contributed by atoms with Crippen LogP contribution in [0.15, 0.2) is 118 Å². The molecule has 0 aliphatic rings. The second-order valence-electron chi connectivity index (χ2n) is 10.8. The monoisotopic (exact) mass is 638 g/mol. The van der Waals surface area contributed by atoms with Gasteiger partial charge >= 0.3 is 0 Å². The number of H-pyrrole nitrogens is 4. The Morgan fingerprint density at radius 1 is 0.729 bits per heavy atom. The third-order valence-corrected chi connectivity index (χ3v) is 7.62. The lowest BCUT2D eigenvalue weighted by atomic mass is 10.1. The van der Waals surface area contributed by atoms with E-state index in [9.17, 15) is 10.2 Å². The van der Waals surface area contributed by atoms with Crippen LogP contribution >= 0.6 is 0 Å². The van der Waals surface area contributed by atoms with Crippen LogP contribution in [0.5, 0.6) is 17.5 Å². The zero-order valence-corrected chi connectivity index (χ0v) is 25.7. The third-order valence-electron chi connectivity index (χ3n) is 7.62. The van der Waals surface area contributed by atoms with Crippen LogP contribution in [0.2, 0.25) is 0 Å². The molecule has 48 heavy (non-hydrogen) atoms. The molecule has 8 rings (SSSR count). The van der Waals surface area contributed by atoms with Gasteiger partial charge in [-0.15, -0.1) is 0 Å². The lowest BCUT2D eigenvalue weighted by Crippen LogP contribution is -1.89. The van der Waals surface area contributed by atoms with Crippen LogP contribution in [-0.2, 0) is 6.42 Å². The Bertz CT molecular complexity index is 2340. The normalized spacial score (nSPS) is 11.5. The molecule has 0 fully saturated rings. The number of nitrogens with one attached hydrogen (secondary N) is 4. The van der Waals surface area contributed by atoms with E-state index in [0.717, 1.165) is 50.9 Å². The average Bonchev–Trinajstić information content (AvgIpc) is 3.95. The number of aliphatic imine (C=N–C) groups is 2. The summed E-state index contributed by atoms with van der Waals surface area (Å²) in [6, 6.07) is 30.6. The molecule has 6 N–H and O–H groups in total. The van der Waals surface area contributed by atoms with Crippen molar-refractivity contribution in [2.45, 2.75) is 6.42 Å². The first-order chi connectivity index (χ1) is 23.5. The summed E-state index contributed by atoms with van der Waals surface area (Å²) in [5.74, 6) is 2.80. The Kier molecular flexibility index (Phi) is 8.26. The number of hydrogen-bond acceptors (Lipinski definition) is 8. The maximum atomic E-state index is 10.1. The van der Waals surface area contributed by atoms with Gasteiger partial charge in [0.2, 0.25) is 0 Å². The van der Waals surface area contributed by atoms with E-state index < -0.39 is 0 Å². The van der Waals surface area contributed by atoms with Gasteiger partial charge in [0.05, 0.1) is 24.5 Å². The fraction of sp³-hybridized carbons (Fsp3) is 0.0556. The Morgan fingerprint density at radius 3 is 1.94 bits per heavy atom. The molecule has 0 amide bonds. The van der Waals surface area contributed by atoms with Crippen molar-refractivity contribution < 1.29 is 19.4 Å². The topological polar surface area (TPSA) is 176 Å². The number of aromatic nitrogens is 6. The summed E-state index contributed by atoms with van der Waals surface area (Å²) in [6.07, 6.45) is 5.55. The Hall–Kier alpha value is -6.82. The highest BCUT2D eigenvalue weighted by atomic mass is 16.5. The van der Waals surface area contributed by atoms with Crippen molar-refractivity contribution in [3.63, 3.8) is 0 Å². The number of ether oxygens (including phenoxy) is 1. The van der Waals surface area contributed by atoms with Crippen molar-refractivity contribution in [2.24, 2.45) is 9.98 Å². The number of aromatic amines is 4. The van der Waals surface area contributed by atoms with Gasteiger partial charge in [0.25, 0.3) is 0 Å². The predicted octanol–water partition coefficient (Wildman–Crippen LogP) is 7.55. The summed E-state index contributed by atoms with van der Waals surface area (Å²) in [7, 11) is 1.65. The van der Waals surface area contributed by atoms with Gasteiger partial charge in [-0.25, -0.2) is 9.98 Å². The SMILES string of the molecule is COc1ccc(Cc2cc(N=Cc3c(O)[nH]c4ccccc34)n[nH]2)cc1.Oc1[nH]c2ccccc2c1C=Nc1cc(-c2ccco2)[nH]n1. The van der Waals surface area contributed by atoms with Crippen LogP contribution in [0, 0.1) is 0 Å². The highest BCUT2D eigenvalue weighted by molar-refractivity contribution is 6.03. The molecule has 0 atom stereocenters. The third kappa shape index (κ3) is 6.44. The average molecular weight is 639 g/mol. The molecule has 0 bridgehead atoms. The minimum absolute atomic E-state index is 0.0896. The molecule has 0 aliphatic heterocycles. The first kappa shape index (κ1) is 29.9. The summed E-state index contributed by atoms with van der Waals surface area (Å²) in [4.78, 5) is 14.5. The summed E-state index contributed by atoms with van der Waals surface area (Å²) in [6.45, 7) is 0. The highest BCUT2D eigenvalue weighted by Crippen LogP contribution is 2.28. The number of rotatable bonds is 8. The van der Waals surface area contributed by atoms with Gasteiger partial charge in [-0.05, 0) is 42.0 Å². The van der Waals surface area contributed by atoms with Gasteiger partial charge in [0.15, 0.2) is 29.2 Å². The molecule has 3 aromatic carbocycles. The molecule has 12 heteroatoms. The van der Waals surface area contributed by atoms with Crippen molar-refractivity contribution in [3.05, 3.63) is 126 Å². The molecule has 12 nitrogen and oxygen atoms in total. The quantitative estimate of drug-likeness (QED) is 0.0936. The fourth-order valence-corrected chi connectivity index (χ4v) is 5.23. The van der Waals surface area contributed by atoms with Gasteiger partial charge in [-0.1, -0.05) is 48.5 Å². The summed E-state index contributed by atoms with van der Waals surface area (Å²) < 4.78 is 10.5. The van der Waals surface area contributed by atoms with Crippen molar-refractivity contribution in [1.82, 2.24) is 30.4 Å². The van der Waals surface area contributed by atoms with E-state index in [4.69, 9.17) is 9.15 Å². The number of aromatic hydroxyl groups is 2. The van der Waals surface area contributed by atoms with Gasteiger partial charge in [-0.2, -0.15) is 10.2 Å². The number of methoxy groups -OCH3 is 1. The maximum Gasteiger partial charge on any atom is 0.198 e. The van der Waals surface area contributed by atoms with Gasteiger partial charge in [0.1, 0.15) is 11.4 Å². The number of para-hydroxylation sites is 2. The van der Waals surface area contributed by atoms with E-state index in [2.05, 4.69) is 40.3 Å². The van der Waals surface area contributed by atoms with Gasteiger partial charge in [-0.3, -0.25) is 10.2 Å². The summed E-state index contributed by atoms with van der Waals surface area (Å²) in [5, 5.41) is 36.1. The molecular weight excluding hydrogens is 608 g/mol. The van der Waals surface area contributed by atoms with E-state index in [0.29, 0.717) is 28.5 Å². The first-order valence-corrected chi connectivity index (χ1v) is 15.0. The van der Waals surface area contributed by atoms with Crippen molar-refractivity contribution in [2.75, 3.05) is 7.11 Å². The number of nitrogens with zero attached hydrogens (tertiary/aromatic N) is 4. The molecule has 0 radical (unpaired) electrons. The predicted molar refractivity (Wildman–Crippen MR) is 185 cm³/mol. The van der Waals surface area contributed by atoms with Crippen LogP contribution in [-0.4, -0.2) is 60.1 Å². The van der Waals surface area contributed by atoms with Crippen LogP contribution in [0.1, 0.15) is 22.4 Å². The van der Waals surface area contributed by atoms with Gasteiger partial charge < -0.3 is 29.3 Å². The number of furan rings is 1.